The number of piperidine rings is 1. The Bertz CT molecular complexity index is 522. The van der Waals surface area contributed by atoms with E-state index in [-0.39, 0.29) is 19.4 Å². The smallest absolute Gasteiger partial charge is 0.324 e. The molecule has 2 unspecified atom stereocenters. The van der Waals surface area contributed by atoms with Crippen molar-refractivity contribution in [1.82, 2.24) is 5.32 Å². The Morgan fingerprint density at radius 1 is 1.33 bits per heavy atom. The number of alkyl halides is 3. The second kappa shape index (κ2) is 6.01. The minimum Gasteiger partial charge on any atom is -0.324 e. The summed E-state index contributed by atoms with van der Waals surface area (Å²) in [4.78, 5) is 12.0. The van der Waals surface area contributed by atoms with Crippen LogP contribution in [0.2, 0.25) is 0 Å². The van der Waals surface area contributed by atoms with E-state index in [2.05, 4.69) is 10.6 Å². The molecule has 0 radical (unpaired) electrons. The first-order valence-electron chi connectivity index (χ1n) is 6.64. The molecule has 3 nitrogen and oxygen atoms in total. The van der Waals surface area contributed by atoms with Crippen LogP contribution in [0.4, 0.5) is 23.2 Å². The van der Waals surface area contributed by atoms with Crippen LogP contribution >= 0.6 is 0 Å². The minimum absolute atomic E-state index is 0.0724. The van der Waals surface area contributed by atoms with Crippen LogP contribution in [0.15, 0.2) is 18.2 Å². The second-order valence-electron chi connectivity index (χ2n) is 5.23. The van der Waals surface area contributed by atoms with Gasteiger partial charge in [0.05, 0.1) is 12.0 Å². The van der Waals surface area contributed by atoms with Crippen LogP contribution < -0.4 is 10.6 Å². The lowest BCUT2D eigenvalue weighted by Gasteiger charge is -2.30. The van der Waals surface area contributed by atoms with Gasteiger partial charge in [-0.25, -0.2) is 4.39 Å². The van der Waals surface area contributed by atoms with Gasteiger partial charge >= 0.3 is 6.18 Å². The summed E-state index contributed by atoms with van der Waals surface area (Å²) in [7, 11) is 0. The molecular formula is C14H16F4N2O. The molecule has 0 bridgehead atoms. The van der Waals surface area contributed by atoms with Gasteiger partial charge in [0.15, 0.2) is 0 Å². The van der Waals surface area contributed by atoms with Gasteiger partial charge in [-0.3, -0.25) is 4.79 Å². The quantitative estimate of drug-likeness (QED) is 0.825. The number of rotatable bonds is 2. The molecule has 2 atom stereocenters. The molecule has 0 aromatic heterocycles. The Balaban J connectivity index is 1.93. The Hall–Kier alpha value is -1.63. The largest absolute Gasteiger partial charge is 0.393 e. The van der Waals surface area contributed by atoms with Crippen LogP contribution in [0.1, 0.15) is 18.4 Å². The third-order valence-electron chi connectivity index (χ3n) is 3.64. The van der Waals surface area contributed by atoms with Gasteiger partial charge in [0, 0.05) is 12.2 Å². The van der Waals surface area contributed by atoms with E-state index in [0.717, 1.165) is 0 Å². The van der Waals surface area contributed by atoms with Crippen molar-refractivity contribution in [2.24, 2.45) is 5.92 Å². The van der Waals surface area contributed by atoms with Gasteiger partial charge in [0.25, 0.3) is 0 Å². The van der Waals surface area contributed by atoms with E-state index in [4.69, 9.17) is 0 Å². The Morgan fingerprint density at radius 3 is 2.57 bits per heavy atom. The molecule has 1 amide bonds. The predicted octanol–water partition coefficient (Wildman–Crippen LogP) is 3.00. The molecule has 1 fully saturated rings. The van der Waals surface area contributed by atoms with E-state index >= 15 is 0 Å². The van der Waals surface area contributed by atoms with Gasteiger partial charge in [-0.1, -0.05) is 0 Å². The fourth-order valence-corrected chi connectivity index (χ4v) is 2.35. The number of carbonyl (C=O) groups is 1. The highest BCUT2D eigenvalue weighted by Crippen LogP contribution is 2.32. The fourth-order valence-electron chi connectivity index (χ4n) is 2.35. The molecule has 1 saturated heterocycles. The Kier molecular flexibility index (Phi) is 4.51. The number of amides is 1. The van der Waals surface area contributed by atoms with E-state index in [1.807, 2.05) is 0 Å². The molecule has 7 heteroatoms. The zero-order valence-electron chi connectivity index (χ0n) is 11.4. The van der Waals surface area contributed by atoms with Gasteiger partial charge in [-0.05, 0) is 43.5 Å². The summed E-state index contributed by atoms with van der Waals surface area (Å²) in [5, 5.41) is 5.23. The van der Waals surface area contributed by atoms with Crippen molar-refractivity contribution >= 4 is 11.6 Å². The molecule has 0 saturated carbocycles. The van der Waals surface area contributed by atoms with Crippen molar-refractivity contribution < 1.29 is 22.4 Å². The first-order chi connectivity index (χ1) is 9.77. The second-order valence-corrected chi connectivity index (χ2v) is 5.23. The summed E-state index contributed by atoms with van der Waals surface area (Å²) in [5.41, 5.74) is 1.02. The van der Waals surface area contributed by atoms with Crippen LogP contribution in [0.25, 0.3) is 0 Å². The molecule has 1 aliphatic rings. The van der Waals surface area contributed by atoms with E-state index in [9.17, 15) is 22.4 Å². The maximum absolute atomic E-state index is 13.0. The number of carbonyl (C=O) groups excluding carboxylic acids is 1. The molecule has 2 N–H and O–H groups in total. The number of halogens is 4. The van der Waals surface area contributed by atoms with Crippen LogP contribution in [0.5, 0.6) is 0 Å². The maximum atomic E-state index is 13.0. The highest BCUT2D eigenvalue weighted by Gasteiger charge is 2.42. The molecule has 116 valence electrons. The van der Waals surface area contributed by atoms with E-state index in [0.29, 0.717) is 11.3 Å². The topological polar surface area (TPSA) is 41.1 Å². The summed E-state index contributed by atoms with van der Waals surface area (Å²) in [6.45, 7) is 1.39. The normalized spacial score (nSPS) is 22.9. The third-order valence-corrected chi connectivity index (χ3v) is 3.64. The van der Waals surface area contributed by atoms with Crippen LogP contribution in [0.3, 0.4) is 0 Å². The Morgan fingerprint density at radius 2 is 2.05 bits per heavy atom. The summed E-state index contributed by atoms with van der Waals surface area (Å²) in [6, 6.07) is 3.28. The number of hydrogen-bond acceptors (Lipinski definition) is 2. The number of aryl methyl sites for hydroxylation is 1. The third kappa shape index (κ3) is 3.93. The summed E-state index contributed by atoms with van der Waals surface area (Å²) >= 11 is 0. The van der Waals surface area contributed by atoms with Crippen LogP contribution in [0, 0.1) is 18.7 Å². The summed E-state index contributed by atoms with van der Waals surface area (Å²) < 4.78 is 50.6. The van der Waals surface area contributed by atoms with E-state index in [1.54, 1.807) is 6.92 Å². The van der Waals surface area contributed by atoms with Crippen molar-refractivity contribution in [2.75, 3.05) is 11.9 Å². The minimum atomic E-state index is -4.23. The van der Waals surface area contributed by atoms with Crippen molar-refractivity contribution in [3.8, 4) is 0 Å². The average molecular weight is 304 g/mol. The number of benzene rings is 1. The van der Waals surface area contributed by atoms with Crippen LogP contribution in [-0.4, -0.2) is 24.7 Å². The zero-order chi connectivity index (χ0) is 15.6. The zero-order valence-corrected chi connectivity index (χ0v) is 11.4. The lowest BCUT2D eigenvalue weighted by Crippen LogP contribution is -2.49. The summed E-state index contributed by atoms with van der Waals surface area (Å²) in [5.74, 6) is -2.21. The molecule has 21 heavy (non-hydrogen) atoms. The standard InChI is InChI=1S/C14H16F4N2O/c1-8-6-10(15)3-5-11(8)20-13(21)12-4-2-9(7-19-12)14(16,17)18/h3,5-6,9,12,19H,2,4,7H2,1H3,(H,20,21). The lowest BCUT2D eigenvalue weighted by molar-refractivity contribution is -0.180. The molecule has 1 aromatic carbocycles. The molecule has 0 spiro atoms. The maximum Gasteiger partial charge on any atom is 0.393 e. The van der Waals surface area contributed by atoms with Gasteiger partial charge in [-0.2, -0.15) is 13.2 Å². The van der Waals surface area contributed by atoms with Crippen molar-refractivity contribution in [3.63, 3.8) is 0 Å². The fraction of sp³-hybridized carbons (Fsp3) is 0.500. The first-order valence-corrected chi connectivity index (χ1v) is 6.64. The average Bonchev–Trinajstić information content (AvgIpc) is 2.41. The van der Waals surface area contributed by atoms with Crippen molar-refractivity contribution in [3.05, 3.63) is 29.6 Å². The van der Waals surface area contributed by atoms with Crippen LogP contribution in [-0.2, 0) is 4.79 Å². The van der Waals surface area contributed by atoms with E-state index < -0.39 is 29.9 Å². The monoisotopic (exact) mass is 304 g/mol. The molecule has 1 heterocycles. The van der Waals surface area contributed by atoms with Crippen molar-refractivity contribution in [2.45, 2.75) is 32.0 Å². The van der Waals surface area contributed by atoms with Gasteiger partial charge < -0.3 is 10.6 Å². The van der Waals surface area contributed by atoms with Gasteiger partial charge in [-0.15, -0.1) is 0 Å². The van der Waals surface area contributed by atoms with Gasteiger partial charge in [0.1, 0.15) is 5.82 Å². The number of anilines is 1. The number of nitrogens with one attached hydrogen (secondary N) is 2. The molecule has 0 aliphatic carbocycles. The SMILES string of the molecule is Cc1cc(F)ccc1NC(=O)C1CCC(C(F)(F)F)CN1. The lowest BCUT2D eigenvalue weighted by atomic mass is 9.94. The molecule has 1 aromatic rings. The molecular weight excluding hydrogens is 288 g/mol. The number of hydrogen-bond donors (Lipinski definition) is 2. The Labute approximate surface area is 119 Å². The van der Waals surface area contributed by atoms with Gasteiger partial charge in [0.2, 0.25) is 5.91 Å². The molecule has 1 aliphatic heterocycles. The predicted molar refractivity (Wildman–Crippen MR) is 70.3 cm³/mol. The summed E-state index contributed by atoms with van der Waals surface area (Å²) in [6.07, 6.45) is -4.19. The molecule has 2 rings (SSSR count). The highest BCUT2D eigenvalue weighted by molar-refractivity contribution is 5.95. The van der Waals surface area contributed by atoms with Crippen molar-refractivity contribution in [1.29, 1.82) is 0 Å². The highest BCUT2D eigenvalue weighted by atomic mass is 19.4. The first kappa shape index (κ1) is 15.8. The van der Waals surface area contributed by atoms with E-state index in [1.165, 1.54) is 18.2 Å².